The summed E-state index contributed by atoms with van der Waals surface area (Å²) in [6.07, 6.45) is 1.85. The molecule has 5 heteroatoms. The second-order valence-corrected chi connectivity index (χ2v) is 8.31. The van der Waals surface area contributed by atoms with E-state index in [0.29, 0.717) is 16.8 Å². The van der Waals surface area contributed by atoms with E-state index in [0.717, 1.165) is 32.2 Å². The summed E-state index contributed by atoms with van der Waals surface area (Å²) < 4.78 is 1.80. The minimum absolute atomic E-state index is 0.0651. The van der Waals surface area contributed by atoms with Gasteiger partial charge in [-0.05, 0) is 61.0 Å². The molecule has 0 saturated carbocycles. The number of anilines is 2. The third-order valence-electron chi connectivity index (χ3n) is 5.15. The first-order chi connectivity index (χ1) is 14.0. The van der Waals surface area contributed by atoms with Crippen LogP contribution >= 0.6 is 11.8 Å². The van der Waals surface area contributed by atoms with Gasteiger partial charge in [0.25, 0.3) is 0 Å². The molecule has 2 aromatic carbocycles. The Morgan fingerprint density at radius 3 is 2.55 bits per heavy atom. The van der Waals surface area contributed by atoms with Crippen molar-refractivity contribution in [1.29, 1.82) is 0 Å². The lowest BCUT2D eigenvalue weighted by atomic mass is 10.0. The maximum absolute atomic E-state index is 13.4. The molecule has 5 rings (SSSR count). The van der Waals surface area contributed by atoms with E-state index in [1.165, 1.54) is 6.92 Å². The minimum Gasteiger partial charge on any atom is -0.354 e. The Balaban J connectivity index is 1.59. The number of rotatable bonds is 3. The van der Waals surface area contributed by atoms with Crippen LogP contribution in [0.1, 0.15) is 38.9 Å². The average molecular weight is 398 g/mol. The first kappa shape index (κ1) is 17.8. The number of hydrogen-bond donors (Lipinski definition) is 1. The first-order valence-corrected chi connectivity index (χ1v) is 10.2. The number of benzene rings is 2. The molecule has 0 aliphatic carbocycles. The number of hydrogen-bond acceptors (Lipinski definition) is 4. The van der Waals surface area contributed by atoms with Crippen molar-refractivity contribution in [3.05, 3.63) is 89.2 Å². The Labute approximate surface area is 172 Å². The molecule has 0 bridgehead atoms. The van der Waals surface area contributed by atoms with Crippen molar-refractivity contribution in [2.75, 3.05) is 5.32 Å². The van der Waals surface area contributed by atoms with Gasteiger partial charge < -0.3 is 9.72 Å². The van der Waals surface area contributed by atoms with Gasteiger partial charge in [-0.25, -0.2) is 0 Å². The molecule has 1 aliphatic heterocycles. The molecule has 1 N–H and O–H groups in total. The lowest BCUT2D eigenvalue weighted by Crippen LogP contribution is -2.04. The van der Waals surface area contributed by atoms with Gasteiger partial charge in [0.2, 0.25) is 0 Å². The number of aromatic nitrogens is 1. The highest BCUT2D eigenvalue weighted by Gasteiger charge is 2.21. The molecule has 0 unspecified atom stereocenters. The van der Waals surface area contributed by atoms with Crippen molar-refractivity contribution in [1.82, 2.24) is 4.40 Å². The number of ketones is 2. The van der Waals surface area contributed by atoms with Gasteiger partial charge in [-0.2, -0.15) is 0 Å². The predicted octanol–water partition coefficient (Wildman–Crippen LogP) is 5.89. The third kappa shape index (κ3) is 2.95. The summed E-state index contributed by atoms with van der Waals surface area (Å²) in [6, 6.07) is 19.4. The lowest BCUT2D eigenvalue weighted by molar-refractivity contribution is 0.101. The Morgan fingerprint density at radius 2 is 1.72 bits per heavy atom. The van der Waals surface area contributed by atoms with Crippen LogP contribution in [0.25, 0.3) is 5.52 Å². The molecule has 2 aromatic heterocycles. The molecule has 142 valence electrons. The van der Waals surface area contributed by atoms with E-state index in [2.05, 4.69) is 11.4 Å². The van der Waals surface area contributed by atoms with Crippen LogP contribution in [-0.4, -0.2) is 16.0 Å². The molecule has 0 fully saturated rings. The van der Waals surface area contributed by atoms with Crippen LogP contribution in [0.2, 0.25) is 0 Å². The summed E-state index contributed by atoms with van der Waals surface area (Å²) in [5.41, 5.74) is 5.55. The molecule has 1 aliphatic rings. The lowest BCUT2D eigenvalue weighted by Gasteiger charge is -2.21. The molecule has 29 heavy (non-hydrogen) atoms. The van der Waals surface area contributed by atoms with Crippen molar-refractivity contribution in [3.8, 4) is 0 Å². The number of nitrogens with zero attached hydrogens (tertiary/aromatic N) is 1. The Hall–Kier alpha value is -3.31. The zero-order chi connectivity index (χ0) is 20.1. The molecule has 0 radical (unpaired) electrons. The van der Waals surface area contributed by atoms with E-state index in [1.807, 2.05) is 61.7 Å². The van der Waals surface area contributed by atoms with Gasteiger partial charge in [0.1, 0.15) is 0 Å². The molecular formula is C24H18N2O2S. The van der Waals surface area contributed by atoms with Gasteiger partial charge in [0, 0.05) is 34.0 Å². The van der Waals surface area contributed by atoms with Gasteiger partial charge in [0.05, 0.1) is 22.6 Å². The van der Waals surface area contributed by atoms with Crippen LogP contribution in [0.5, 0.6) is 0 Å². The van der Waals surface area contributed by atoms with Crippen molar-refractivity contribution < 1.29 is 9.59 Å². The van der Waals surface area contributed by atoms with Crippen LogP contribution in [0, 0.1) is 6.92 Å². The van der Waals surface area contributed by atoms with Crippen LogP contribution in [0.3, 0.4) is 0 Å². The fraction of sp³-hybridized carbons (Fsp3) is 0.0833. The Bertz CT molecular complexity index is 1320. The summed E-state index contributed by atoms with van der Waals surface area (Å²) >= 11 is 1.65. The number of pyridine rings is 1. The SMILES string of the molecule is CC(=O)c1cc(C(=O)c2ccc3c(c2)Sc2ccccc2N3)c2cc(C)ccn12. The van der Waals surface area contributed by atoms with E-state index in [-0.39, 0.29) is 11.6 Å². The highest BCUT2D eigenvalue weighted by Crippen LogP contribution is 2.44. The normalized spacial score (nSPS) is 12.2. The zero-order valence-electron chi connectivity index (χ0n) is 16.0. The number of para-hydroxylation sites is 1. The van der Waals surface area contributed by atoms with E-state index in [1.54, 1.807) is 22.2 Å². The van der Waals surface area contributed by atoms with Crippen LogP contribution in [-0.2, 0) is 0 Å². The van der Waals surface area contributed by atoms with Gasteiger partial charge in [-0.3, -0.25) is 9.59 Å². The molecule has 4 aromatic rings. The Kier molecular flexibility index (Phi) is 4.07. The van der Waals surface area contributed by atoms with Crippen molar-refractivity contribution in [2.24, 2.45) is 0 Å². The highest BCUT2D eigenvalue weighted by molar-refractivity contribution is 7.99. The van der Waals surface area contributed by atoms with Crippen molar-refractivity contribution >= 4 is 40.2 Å². The fourth-order valence-corrected chi connectivity index (χ4v) is 4.71. The standard InChI is InChI=1S/C24H18N2O2S/c1-14-9-10-26-20(15(2)27)13-17(21(26)11-14)24(28)16-7-8-19-23(12-16)29-22-6-4-3-5-18(22)25-19/h3-13,25H,1-2H3. The molecule has 0 saturated heterocycles. The molecule has 0 amide bonds. The highest BCUT2D eigenvalue weighted by atomic mass is 32.2. The van der Waals surface area contributed by atoms with Gasteiger partial charge >= 0.3 is 0 Å². The number of fused-ring (bicyclic) bond motifs is 3. The monoisotopic (exact) mass is 398 g/mol. The number of nitrogens with one attached hydrogen (secondary N) is 1. The average Bonchev–Trinajstić information content (AvgIpc) is 3.10. The third-order valence-corrected chi connectivity index (χ3v) is 6.29. The minimum atomic E-state index is -0.0807. The summed E-state index contributed by atoms with van der Waals surface area (Å²) in [4.78, 5) is 27.6. The van der Waals surface area contributed by atoms with Gasteiger partial charge in [0.15, 0.2) is 11.6 Å². The molecule has 0 atom stereocenters. The quantitative estimate of drug-likeness (QED) is 0.385. The number of Topliss-reactive ketones (excluding diaryl/α,β-unsaturated/α-hetero) is 1. The number of carbonyl (C=O) groups excluding carboxylic acids is 2. The van der Waals surface area contributed by atoms with Crippen molar-refractivity contribution in [3.63, 3.8) is 0 Å². The summed E-state index contributed by atoms with van der Waals surface area (Å²) in [5, 5.41) is 3.42. The fourth-order valence-electron chi connectivity index (χ4n) is 3.69. The predicted molar refractivity (Wildman–Crippen MR) is 116 cm³/mol. The first-order valence-electron chi connectivity index (χ1n) is 9.36. The van der Waals surface area contributed by atoms with Gasteiger partial charge in [-0.15, -0.1) is 0 Å². The van der Waals surface area contributed by atoms with E-state index in [9.17, 15) is 9.59 Å². The van der Waals surface area contributed by atoms with E-state index in [4.69, 9.17) is 0 Å². The van der Waals surface area contributed by atoms with Crippen LogP contribution in [0.4, 0.5) is 11.4 Å². The molecule has 4 nitrogen and oxygen atoms in total. The molecule has 3 heterocycles. The number of aryl methyl sites for hydroxylation is 1. The Morgan fingerprint density at radius 1 is 0.931 bits per heavy atom. The topological polar surface area (TPSA) is 50.6 Å². The van der Waals surface area contributed by atoms with Gasteiger partial charge in [-0.1, -0.05) is 23.9 Å². The van der Waals surface area contributed by atoms with Crippen LogP contribution in [0.15, 0.2) is 76.7 Å². The second kappa shape index (κ2) is 6.64. The smallest absolute Gasteiger partial charge is 0.195 e. The maximum atomic E-state index is 13.4. The summed E-state index contributed by atoms with van der Waals surface area (Å²) in [7, 11) is 0. The van der Waals surface area contributed by atoms with E-state index >= 15 is 0 Å². The number of carbonyl (C=O) groups is 2. The maximum Gasteiger partial charge on any atom is 0.195 e. The van der Waals surface area contributed by atoms with Crippen LogP contribution < -0.4 is 5.32 Å². The molecular weight excluding hydrogens is 380 g/mol. The van der Waals surface area contributed by atoms with Crippen molar-refractivity contribution in [2.45, 2.75) is 23.6 Å². The molecule has 0 spiro atoms. The second-order valence-electron chi connectivity index (χ2n) is 7.22. The summed E-state index contributed by atoms with van der Waals surface area (Å²) in [6.45, 7) is 3.50. The zero-order valence-corrected chi connectivity index (χ0v) is 16.8. The largest absolute Gasteiger partial charge is 0.354 e. The van der Waals surface area contributed by atoms with E-state index < -0.39 is 0 Å². The summed E-state index contributed by atoms with van der Waals surface area (Å²) in [5.74, 6) is -0.146.